The summed E-state index contributed by atoms with van der Waals surface area (Å²) < 4.78 is 1.93. The molecule has 0 aliphatic heterocycles. The van der Waals surface area contributed by atoms with Gasteiger partial charge in [-0.25, -0.2) is 0 Å². The number of benzene rings is 1. The zero-order valence-electron chi connectivity index (χ0n) is 13.0. The number of rotatable bonds is 5. The van der Waals surface area contributed by atoms with Gasteiger partial charge in [0.2, 0.25) is 6.04 Å². The molecule has 0 fully saturated rings. The molecule has 1 N–H and O–H groups in total. The van der Waals surface area contributed by atoms with Crippen LogP contribution >= 0.6 is 0 Å². The number of hydrogen-bond acceptors (Lipinski definition) is 1. The molecule has 1 heterocycles. The van der Waals surface area contributed by atoms with Crippen molar-refractivity contribution in [2.24, 2.45) is 0 Å². The summed E-state index contributed by atoms with van der Waals surface area (Å²) in [6.45, 7) is 6.09. The van der Waals surface area contributed by atoms with Gasteiger partial charge in [0.15, 0.2) is 12.4 Å². The Labute approximate surface area is 126 Å². The SMILES string of the molecule is CCCc1cc[n+]([C@@H](C)C(=O)Nc2cccc(C)c2)cc1. The van der Waals surface area contributed by atoms with Crippen LogP contribution in [0.25, 0.3) is 0 Å². The first-order valence-corrected chi connectivity index (χ1v) is 7.47. The molecule has 3 nitrogen and oxygen atoms in total. The highest BCUT2D eigenvalue weighted by atomic mass is 16.2. The second kappa shape index (κ2) is 7.02. The molecule has 0 saturated carbocycles. The highest BCUT2D eigenvalue weighted by Crippen LogP contribution is 2.11. The Morgan fingerprint density at radius 2 is 1.95 bits per heavy atom. The van der Waals surface area contributed by atoms with Crippen molar-refractivity contribution in [1.29, 1.82) is 0 Å². The number of nitrogens with one attached hydrogen (secondary N) is 1. The normalized spacial score (nSPS) is 12.0. The Morgan fingerprint density at radius 1 is 1.24 bits per heavy atom. The largest absolute Gasteiger partial charge is 0.320 e. The highest BCUT2D eigenvalue weighted by Gasteiger charge is 2.21. The Bertz CT molecular complexity index is 605. The van der Waals surface area contributed by atoms with Gasteiger partial charge in [-0.2, -0.15) is 4.57 Å². The molecule has 0 bridgehead atoms. The van der Waals surface area contributed by atoms with Crippen molar-refractivity contribution >= 4 is 11.6 Å². The minimum atomic E-state index is -0.235. The fourth-order valence-corrected chi connectivity index (χ4v) is 2.29. The van der Waals surface area contributed by atoms with Crippen LogP contribution in [0.3, 0.4) is 0 Å². The third-order valence-corrected chi connectivity index (χ3v) is 3.57. The maximum absolute atomic E-state index is 12.3. The molecule has 0 spiro atoms. The first kappa shape index (κ1) is 15.2. The standard InChI is InChI=1S/C18H22N2O/c1-4-6-16-9-11-20(12-10-16)15(3)18(21)19-17-8-5-7-14(2)13-17/h5,7-13,15H,4,6H2,1-3H3/p+1/t15-/m0/s1. The van der Waals surface area contributed by atoms with E-state index in [9.17, 15) is 4.79 Å². The van der Waals surface area contributed by atoms with E-state index in [4.69, 9.17) is 0 Å². The highest BCUT2D eigenvalue weighted by molar-refractivity contribution is 5.92. The van der Waals surface area contributed by atoms with Gasteiger partial charge in [-0.1, -0.05) is 25.5 Å². The third-order valence-electron chi connectivity index (χ3n) is 3.57. The van der Waals surface area contributed by atoms with Crippen molar-refractivity contribution in [2.75, 3.05) is 5.32 Å². The third kappa shape index (κ3) is 4.15. The number of aromatic nitrogens is 1. The molecule has 0 aliphatic rings. The molecule has 3 heteroatoms. The summed E-state index contributed by atoms with van der Waals surface area (Å²) in [7, 11) is 0. The Kier molecular flexibility index (Phi) is 5.09. The molecule has 0 saturated heterocycles. The van der Waals surface area contributed by atoms with Crippen molar-refractivity contribution < 1.29 is 9.36 Å². The van der Waals surface area contributed by atoms with Crippen LogP contribution in [-0.2, 0) is 11.2 Å². The topological polar surface area (TPSA) is 33.0 Å². The average molecular weight is 283 g/mol. The van der Waals surface area contributed by atoms with E-state index in [-0.39, 0.29) is 11.9 Å². The van der Waals surface area contributed by atoms with Crippen LogP contribution in [0.4, 0.5) is 5.69 Å². The van der Waals surface area contributed by atoms with Gasteiger partial charge in [-0.15, -0.1) is 0 Å². The van der Waals surface area contributed by atoms with E-state index in [0.717, 1.165) is 24.1 Å². The maximum atomic E-state index is 12.3. The van der Waals surface area contributed by atoms with Gasteiger partial charge in [0.05, 0.1) is 0 Å². The maximum Gasteiger partial charge on any atom is 0.293 e. The smallest absolute Gasteiger partial charge is 0.293 e. The van der Waals surface area contributed by atoms with E-state index >= 15 is 0 Å². The molecule has 1 aromatic carbocycles. The van der Waals surface area contributed by atoms with Crippen LogP contribution in [0.5, 0.6) is 0 Å². The fraction of sp³-hybridized carbons (Fsp3) is 0.333. The molecular formula is C18H23N2O+. The van der Waals surface area contributed by atoms with Crippen LogP contribution in [0, 0.1) is 6.92 Å². The molecule has 1 amide bonds. The summed E-state index contributed by atoms with van der Waals surface area (Å²) in [6.07, 6.45) is 6.16. The minimum absolute atomic E-state index is 0.00570. The van der Waals surface area contributed by atoms with E-state index in [1.807, 2.05) is 55.1 Å². The minimum Gasteiger partial charge on any atom is -0.320 e. The lowest BCUT2D eigenvalue weighted by Gasteiger charge is -2.09. The van der Waals surface area contributed by atoms with Gasteiger partial charge in [0, 0.05) is 24.7 Å². The van der Waals surface area contributed by atoms with E-state index in [2.05, 4.69) is 24.4 Å². The fourth-order valence-electron chi connectivity index (χ4n) is 2.29. The number of anilines is 1. The van der Waals surface area contributed by atoms with E-state index < -0.39 is 0 Å². The Balaban J connectivity index is 2.04. The summed E-state index contributed by atoms with van der Waals surface area (Å²) in [5.74, 6) is -0.00570. The van der Waals surface area contributed by atoms with Crippen molar-refractivity contribution in [3.63, 3.8) is 0 Å². The number of pyridine rings is 1. The van der Waals surface area contributed by atoms with Crippen LogP contribution < -0.4 is 9.88 Å². The molecule has 21 heavy (non-hydrogen) atoms. The van der Waals surface area contributed by atoms with Gasteiger partial charge in [-0.05, 0) is 36.6 Å². The summed E-state index contributed by atoms with van der Waals surface area (Å²) in [4.78, 5) is 12.3. The summed E-state index contributed by atoms with van der Waals surface area (Å²) in [6, 6.07) is 11.8. The van der Waals surface area contributed by atoms with Gasteiger partial charge < -0.3 is 5.32 Å². The van der Waals surface area contributed by atoms with Crippen LogP contribution in [-0.4, -0.2) is 5.91 Å². The number of hydrogen-bond donors (Lipinski definition) is 1. The predicted octanol–water partition coefficient (Wildman–Crippen LogP) is 3.43. The Morgan fingerprint density at radius 3 is 2.57 bits per heavy atom. The number of amides is 1. The molecule has 110 valence electrons. The van der Waals surface area contributed by atoms with Crippen molar-refractivity contribution in [2.45, 2.75) is 39.7 Å². The van der Waals surface area contributed by atoms with Crippen molar-refractivity contribution in [3.8, 4) is 0 Å². The van der Waals surface area contributed by atoms with Gasteiger partial charge in [0.1, 0.15) is 0 Å². The summed E-state index contributed by atoms with van der Waals surface area (Å²) >= 11 is 0. The quantitative estimate of drug-likeness (QED) is 0.838. The number of aryl methyl sites for hydroxylation is 2. The van der Waals surface area contributed by atoms with E-state index in [1.165, 1.54) is 5.56 Å². The predicted molar refractivity (Wildman–Crippen MR) is 85.2 cm³/mol. The van der Waals surface area contributed by atoms with E-state index in [0.29, 0.717) is 0 Å². The average Bonchev–Trinajstić information content (AvgIpc) is 2.47. The lowest BCUT2D eigenvalue weighted by molar-refractivity contribution is -0.705. The first-order chi connectivity index (χ1) is 10.1. The zero-order valence-corrected chi connectivity index (χ0v) is 13.0. The number of nitrogens with zero attached hydrogens (tertiary/aromatic N) is 1. The van der Waals surface area contributed by atoms with Crippen molar-refractivity contribution in [3.05, 3.63) is 59.9 Å². The summed E-state index contributed by atoms with van der Waals surface area (Å²) in [5, 5.41) is 2.96. The molecular weight excluding hydrogens is 260 g/mol. The molecule has 0 aliphatic carbocycles. The molecule has 1 atom stereocenters. The molecule has 2 aromatic rings. The van der Waals surface area contributed by atoms with E-state index in [1.54, 1.807) is 0 Å². The van der Waals surface area contributed by atoms with Crippen LogP contribution in [0.2, 0.25) is 0 Å². The second-order valence-corrected chi connectivity index (χ2v) is 5.44. The number of carbonyl (C=O) groups is 1. The molecule has 0 radical (unpaired) electrons. The number of carbonyl (C=O) groups excluding carboxylic acids is 1. The second-order valence-electron chi connectivity index (χ2n) is 5.44. The lowest BCUT2D eigenvalue weighted by atomic mass is 10.1. The van der Waals surface area contributed by atoms with Crippen LogP contribution in [0.1, 0.15) is 37.4 Å². The Hall–Kier alpha value is -2.16. The van der Waals surface area contributed by atoms with Gasteiger partial charge in [0.25, 0.3) is 5.91 Å². The van der Waals surface area contributed by atoms with Crippen molar-refractivity contribution in [1.82, 2.24) is 0 Å². The molecule has 0 unspecified atom stereocenters. The lowest BCUT2D eigenvalue weighted by Crippen LogP contribution is -2.44. The molecule has 1 aromatic heterocycles. The van der Waals surface area contributed by atoms with Crippen LogP contribution in [0.15, 0.2) is 48.8 Å². The van der Waals surface area contributed by atoms with Gasteiger partial charge in [-0.3, -0.25) is 4.79 Å². The first-order valence-electron chi connectivity index (χ1n) is 7.47. The monoisotopic (exact) mass is 283 g/mol. The van der Waals surface area contributed by atoms with Gasteiger partial charge >= 0.3 is 0 Å². The summed E-state index contributed by atoms with van der Waals surface area (Å²) in [5.41, 5.74) is 3.28. The molecule has 2 rings (SSSR count). The zero-order chi connectivity index (χ0) is 15.2.